The highest BCUT2D eigenvalue weighted by molar-refractivity contribution is 5.03. The number of aromatic nitrogens is 2. The number of H-pyrrole nitrogens is 1. The van der Waals surface area contributed by atoms with Gasteiger partial charge in [0.15, 0.2) is 0 Å². The monoisotopic (exact) mass is 155 g/mol. The van der Waals surface area contributed by atoms with Crippen molar-refractivity contribution in [1.29, 1.82) is 0 Å². The highest BCUT2D eigenvalue weighted by Crippen LogP contribution is 1.84. The minimum absolute atomic E-state index is 0.362. The first-order valence-electron chi connectivity index (χ1n) is 3.25. The maximum atomic E-state index is 10.9. The van der Waals surface area contributed by atoms with Crippen LogP contribution in [0.3, 0.4) is 0 Å². The van der Waals surface area contributed by atoms with Crippen LogP contribution >= 0.6 is 0 Å². The molecule has 11 heavy (non-hydrogen) atoms. The van der Waals surface area contributed by atoms with Crippen LogP contribution in [0, 0.1) is 0 Å². The van der Waals surface area contributed by atoms with Gasteiger partial charge in [0, 0.05) is 11.8 Å². The van der Waals surface area contributed by atoms with Gasteiger partial charge in [-0.15, -0.1) is 0 Å². The van der Waals surface area contributed by atoms with Crippen molar-refractivity contribution in [2.24, 2.45) is 0 Å². The molecule has 0 unspecified atom stereocenters. The highest BCUT2D eigenvalue weighted by atomic mass is 16.2. The Hall–Kier alpha value is -1.52. The second-order valence-electron chi connectivity index (χ2n) is 2.17. The fraction of sp³-hybridized carbons (Fsp3) is 0.333. The maximum absolute atomic E-state index is 10.9. The van der Waals surface area contributed by atoms with E-state index in [1.807, 2.05) is 6.92 Å². The van der Waals surface area contributed by atoms with Crippen molar-refractivity contribution in [2.45, 2.75) is 13.3 Å². The van der Waals surface area contributed by atoms with E-state index in [1.165, 1.54) is 6.20 Å². The summed E-state index contributed by atoms with van der Waals surface area (Å²) in [5, 5.41) is 0. The van der Waals surface area contributed by atoms with Gasteiger partial charge < -0.3 is 5.84 Å². The summed E-state index contributed by atoms with van der Waals surface area (Å²) >= 11 is 0. The number of nitrogens with zero attached hydrogens (tertiary/aromatic N) is 1. The molecule has 0 radical (unpaired) electrons. The predicted molar refractivity (Wildman–Crippen MR) is 40.9 cm³/mol. The van der Waals surface area contributed by atoms with Crippen molar-refractivity contribution >= 4 is 0 Å². The van der Waals surface area contributed by atoms with Crippen molar-refractivity contribution in [3.63, 3.8) is 0 Å². The third kappa shape index (κ3) is 1.31. The fourth-order valence-corrected chi connectivity index (χ4v) is 0.779. The molecule has 5 nitrogen and oxygen atoms in total. The number of aromatic amines is 1. The van der Waals surface area contributed by atoms with Gasteiger partial charge >= 0.3 is 5.69 Å². The molecule has 0 aliphatic rings. The Balaban J connectivity index is 3.45. The summed E-state index contributed by atoms with van der Waals surface area (Å²) in [6, 6.07) is 0. The summed E-state index contributed by atoms with van der Waals surface area (Å²) < 4.78 is 0.861. The lowest BCUT2D eigenvalue weighted by Gasteiger charge is -1.97. The van der Waals surface area contributed by atoms with E-state index >= 15 is 0 Å². The second kappa shape index (κ2) is 2.61. The number of nitrogens with one attached hydrogen (secondary N) is 1. The summed E-state index contributed by atoms with van der Waals surface area (Å²) in [5.74, 6) is 5.20. The van der Waals surface area contributed by atoms with Crippen LogP contribution in [0.4, 0.5) is 0 Å². The smallest absolute Gasteiger partial charge is 0.335 e. The molecule has 0 saturated carbocycles. The molecule has 0 bridgehead atoms. The summed E-state index contributed by atoms with van der Waals surface area (Å²) in [6.07, 6.45) is 1.90. The van der Waals surface area contributed by atoms with E-state index in [1.54, 1.807) is 0 Å². The van der Waals surface area contributed by atoms with Gasteiger partial charge in [-0.1, -0.05) is 6.92 Å². The van der Waals surface area contributed by atoms with Crippen molar-refractivity contribution < 1.29 is 0 Å². The Kier molecular flexibility index (Phi) is 1.80. The number of rotatable bonds is 1. The normalized spacial score (nSPS) is 9.91. The largest absolute Gasteiger partial charge is 0.346 e. The number of nitrogen functional groups attached to an aromatic ring is 1. The lowest BCUT2D eigenvalue weighted by molar-refractivity contribution is 0.827. The Morgan fingerprint density at radius 2 is 2.27 bits per heavy atom. The molecule has 0 saturated heterocycles. The van der Waals surface area contributed by atoms with Gasteiger partial charge in [-0.3, -0.25) is 9.78 Å². The molecule has 0 aliphatic heterocycles. The highest BCUT2D eigenvalue weighted by Gasteiger charge is 1.98. The minimum Gasteiger partial charge on any atom is -0.335 e. The van der Waals surface area contributed by atoms with E-state index in [4.69, 9.17) is 5.84 Å². The molecular formula is C6H9N3O2. The van der Waals surface area contributed by atoms with Crippen LogP contribution in [-0.4, -0.2) is 9.66 Å². The van der Waals surface area contributed by atoms with E-state index in [-0.39, 0.29) is 5.56 Å². The molecule has 1 aromatic rings. The first-order valence-corrected chi connectivity index (χ1v) is 3.25. The molecule has 60 valence electrons. The van der Waals surface area contributed by atoms with Crippen molar-refractivity contribution in [3.8, 4) is 0 Å². The first-order chi connectivity index (χ1) is 5.15. The molecule has 3 N–H and O–H groups in total. The molecule has 1 heterocycles. The molecule has 0 aliphatic carbocycles. The number of hydrogen-bond donors (Lipinski definition) is 2. The topological polar surface area (TPSA) is 80.9 Å². The SMILES string of the molecule is CCc1cn(N)c(=O)[nH]c1=O. The van der Waals surface area contributed by atoms with Crippen LogP contribution in [0.15, 0.2) is 15.8 Å². The standard InChI is InChI=1S/C6H9N3O2/c1-2-4-3-9(7)6(11)8-5(4)10/h3H,2,7H2,1H3,(H,8,10,11). The lowest BCUT2D eigenvalue weighted by Crippen LogP contribution is -2.35. The summed E-state index contributed by atoms with van der Waals surface area (Å²) in [4.78, 5) is 23.7. The van der Waals surface area contributed by atoms with Gasteiger partial charge in [-0.2, -0.15) is 0 Å². The minimum atomic E-state index is -0.591. The molecular weight excluding hydrogens is 146 g/mol. The van der Waals surface area contributed by atoms with Gasteiger partial charge in [-0.05, 0) is 6.42 Å². The molecule has 0 fully saturated rings. The third-order valence-electron chi connectivity index (χ3n) is 1.42. The average molecular weight is 155 g/mol. The molecule has 1 aromatic heterocycles. The van der Waals surface area contributed by atoms with Crippen molar-refractivity contribution in [1.82, 2.24) is 9.66 Å². The summed E-state index contributed by atoms with van der Waals surface area (Å²) in [6.45, 7) is 1.81. The van der Waals surface area contributed by atoms with Gasteiger partial charge in [0.2, 0.25) is 0 Å². The Labute approximate surface area is 62.4 Å². The van der Waals surface area contributed by atoms with Crippen LogP contribution in [0.1, 0.15) is 12.5 Å². The zero-order valence-electron chi connectivity index (χ0n) is 6.13. The van der Waals surface area contributed by atoms with E-state index in [0.29, 0.717) is 12.0 Å². The van der Waals surface area contributed by atoms with Gasteiger partial charge in [0.1, 0.15) is 0 Å². The van der Waals surface area contributed by atoms with Crippen LogP contribution in [0.25, 0.3) is 0 Å². The number of hydrogen-bond acceptors (Lipinski definition) is 3. The number of aryl methyl sites for hydroxylation is 1. The van der Waals surface area contributed by atoms with Gasteiger partial charge in [0.05, 0.1) is 0 Å². The first kappa shape index (κ1) is 7.59. The van der Waals surface area contributed by atoms with Crippen LogP contribution in [0.2, 0.25) is 0 Å². The lowest BCUT2D eigenvalue weighted by atomic mass is 10.3. The van der Waals surface area contributed by atoms with Crippen molar-refractivity contribution in [3.05, 3.63) is 32.6 Å². The van der Waals surface area contributed by atoms with Crippen LogP contribution in [0.5, 0.6) is 0 Å². The summed E-state index contributed by atoms with van der Waals surface area (Å²) in [7, 11) is 0. The van der Waals surface area contributed by atoms with E-state index in [9.17, 15) is 9.59 Å². The molecule has 0 spiro atoms. The fourth-order valence-electron chi connectivity index (χ4n) is 0.779. The maximum Gasteiger partial charge on any atom is 0.346 e. The second-order valence-corrected chi connectivity index (χ2v) is 2.17. The molecule has 0 amide bonds. The van der Waals surface area contributed by atoms with Gasteiger partial charge in [0.25, 0.3) is 5.56 Å². The third-order valence-corrected chi connectivity index (χ3v) is 1.42. The zero-order valence-corrected chi connectivity index (χ0v) is 6.13. The number of nitrogens with two attached hydrogens (primary N) is 1. The van der Waals surface area contributed by atoms with E-state index < -0.39 is 5.69 Å². The van der Waals surface area contributed by atoms with Crippen LogP contribution < -0.4 is 17.1 Å². The Morgan fingerprint density at radius 3 is 2.82 bits per heavy atom. The zero-order chi connectivity index (χ0) is 8.43. The molecule has 1 rings (SSSR count). The predicted octanol–water partition coefficient (Wildman–Crippen LogP) is -1.19. The van der Waals surface area contributed by atoms with Crippen LogP contribution in [-0.2, 0) is 6.42 Å². The quantitative estimate of drug-likeness (QED) is 0.500. The van der Waals surface area contributed by atoms with Crippen molar-refractivity contribution in [2.75, 3.05) is 5.84 Å². The Bertz CT molecular complexity index is 363. The summed E-state index contributed by atoms with van der Waals surface area (Å²) in [5.41, 5.74) is -0.446. The molecule has 0 aromatic carbocycles. The molecule has 0 atom stereocenters. The van der Waals surface area contributed by atoms with Gasteiger partial charge in [-0.25, -0.2) is 9.47 Å². The van der Waals surface area contributed by atoms with E-state index in [2.05, 4.69) is 4.98 Å². The average Bonchev–Trinajstić information content (AvgIpc) is 1.97. The van der Waals surface area contributed by atoms with E-state index in [0.717, 1.165) is 4.68 Å². The molecule has 5 heteroatoms. The Morgan fingerprint density at radius 1 is 1.64 bits per heavy atom.